The van der Waals surface area contributed by atoms with Gasteiger partial charge in [-0.3, -0.25) is 0 Å². The standard InChI is InChI=1S/C51H32OS/c1-31-29-52-30-45(31)50-40-22-11-7-18-36(40)48(37-19-8-12-23-41(37)50)33-26-27-46-44(28-33)42-24-13-25-43(51(42)53-46)49-38-20-9-5-16-34(38)47(32-14-3-2-4-15-32)35-17-6-10-21-39(35)49/h2-30H,1H3. The smallest absolute Gasteiger partial charge is 0.0984 e. The number of hydrogen-bond acceptors (Lipinski definition) is 2. The average Bonchev–Trinajstić information content (AvgIpc) is 3.82. The fourth-order valence-electron chi connectivity index (χ4n) is 8.83. The van der Waals surface area contributed by atoms with Crippen molar-refractivity contribution in [1.29, 1.82) is 0 Å². The zero-order valence-electron chi connectivity index (χ0n) is 29.1. The van der Waals surface area contributed by atoms with E-state index in [1.54, 1.807) is 0 Å². The van der Waals surface area contributed by atoms with E-state index in [0.717, 1.165) is 11.1 Å². The van der Waals surface area contributed by atoms with E-state index >= 15 is 0 Å². The second kappa shape index (κ2) is 11.8. The van der Waals surface area contributed by atoms with Gasteiger partial charge in [0, 0.05) is 36.9 Å². The summed E-state index contributed by atoms with van der Waals surface area (Å²) >= 11 is 1.90. The van der Waals surface area contributed by atoms with Crippen LogP contribution in [-0.2, 0) is 0 Å². The third-order valence-electron chi connectivity index (χ3n) is 11.1. The molecule has 0 aliphatic carbocycles. The molecule has 0 bridgehead atoms. The molecule has 0 saturated heterocycles. The molecule has 2 heteroatoms. The maximum absolute atomic E-state index is 5.71. The number of benzene rings is 9. The fourth-order valence-corrected chi connectivity index (χ4v) is 10.0. The first-order valence-electron chi connectivity index (χ1n) is 18.2. The Labute approximate surface area is 311 Å². The van der Waals surface area contributed by atoms with Crippen LogP contribution in [0, 0.1) is 6.92 Å². The first-order valence-corrected chi connectivity index (χ1v) is 19.0. The lowest BCUT2D eigenvalue weighted by Gasteiger charge is -2.18. The topological polar surface area (TPSA) is 13.1 Å². The molecule has 0 N–H and O–H groups in total. The van der Waals surface area contributed by atoms with Gasteiger partial charge in [-0.25, -0.2) is 0 Å². The van der Waals surface area contributed by atoms with Crippen LogP contribution in [0.4, 0.5) is 0 Å². The van der Waals surface area contributed by atoms with Gasteiger partial charge >= 0.3 is 0 Å². The largest absolute Gasteiger partial charge is 0.472 e. The summed E-state index contributed by atoms with van der Waals surface area (Å²) in [6.07, 6.45) is 3.74. The summed E-state index contributed by atoms with van der Waals surface area (Å²) in [5.74, 6) is 0. The van der Waals surface area contributed by atoms with Crippen molar-refractivity contribution < 1.29 is 4.42 Å². The third-order valence-corrected chi connectivity index (χ3v) is 12.3. The van der Waals surface area contributed by atoms with Crippen LogP contribution < -0.4 is 0 Å². The third kappa shape index (κ3) is 4.49. The van der Waals surface area contributed by atoms with E-state index in [-0.39, 0.29) is 0 Å². The van der Waals surface area contributed by atoms with Crippen molar-refractivity contribution in [1.82, 2.24) is 0 Å². The van der Waals surface area contributed by atoms with Crippen molar-refractivity contribution in [3.63, 3.8) is 0 Å². The van der Waals surface area contributed by atoms with E-state index in [4.69, 9.17) is 4.42 Å². The Hall–Kier alpha value is -6.48. The molecular formula is C51H32OS. The van der Waals surface area contributed by atoms with E-state index in [9.17, 15) is 0 Å². The summed E-state index contributed by atoms with van der Waals surface area (Å²) < 4.78 is 8.33. The van der Waals surface area contributed by atoms with Gasteiger partial charge in [-0.1, -0.05) is 152 Å². The van der Waals surface area contributed by atoms with E-state index in [1.165, 1.54) is 102 Å². The summed E-state index contributed by atoms with van der Waals surface area (Å²) in [6, 6.07) is 60.4. The number of furan rings is 1. The predicted molar refractivity (Wildman–Crippen MR) is 228 cm³/mol. The molecule has 0 spiro atoms. The van der Waals surface area contributed by atoms with E-state index in [0.29, 0.717) is 0 Å². The first kappa shape index (κ1) is 30.2. The molecule has 0 atom stereocenters. The molecule has 53 heavy (non-hydrogen) atoms. The van der Waals surface area contributed by atoms with Gasteiger partial charge in [0.05, 0.1) is 12.5 Å². The Morgan fingerprint density at radius 3 is 1.36 bits per heavy atom. The number of hydrogen-bond donors (Lipinski definition) is 0. The highest BCUT2D eigenvalue weighted by molar-refractivity contribution is 7.26. The molecule has 248 valence electrons. The lowest BCUT2D eigenvalue weighted by molar-refractivity contribution is 0.566. The molecule has 11 aromatic rings. The maximum Gasteiger partial charge on any atom is 0.0984 e. The molecule has 0 radical (unpaired) electrons. The van der Waals surface area contributed by atoms with Crippen LogP contribution in [0.2, 0.25) is 0 Å². The van der Waals surface area contributed by atoms with Gasteiger partial charge in [-0.05, 0) is 95.5 Å². The van der Waals surface area contributed by atoms with Gasteiger partial charge < -0.3 is 4.42 Å². The van der Waals surface area contributed by atoms with Crippen molar-refractivity contribution >= 4 is 74.6 Å². The lowest BCUT2D eigenvalue weighted by Crippen LogP contribution is -1.91. The molecule has 0 amide bonds. The molecule has 0 aliphatic rings. The number of thiophene rings is 1. The Bertz CT molecular complexity index is 3120. The normalized spacial score (nSPS) is 11.9. The molecule has 0 fully saturated rings. The lowest BCUT2D eigenvalue weighted by atomic mass is 9.85. The van der Waals surface area contributed by atoms with Crippen LogP contribution >= 0.6 is 11.3 Å². The van der Waals surface area contributed by atoms with Gasteiger partial charge in [0.25, 0.3) is 0 Å². The molecule has 11 rings (SSSR count). The van der Waals surface area contributed by atoms with E-state index in [1.807, 2.05) is 23.9 Å². The number of rotatable bonds is 4. The zero-order chi connectivity index (χ0) is 35.0. The van der Waals surface area contributed by atoms with Gasteiger partial charge in [0.1, 0.15) is 0 Å². The van der Waals surface area contributed by atoms with Gasteiger partial charge in [0.15, 0.2) is 0 Å². The minimum atomic E-state index is 1.14. The summed E-state index contributed by atoms with van der Waals surface area (Å²) in [5.41, 5.74) is 11.1. The van der Waals surface area contributed by atoms with Crippen molar-refractivity contribution in [2.24, 2.45) is 0 Å². The number of aryl methyl sites for hydroxylation is 1. The SMILES string of the molecule is Cc1cocc1-c1c2ccccc2c(-c2ccc3sc4c(-c5c6ccccc6c(-c6ccccc6)c6ccccc56)cccc4c3c2)c2ccccc12. The molecule has 2 heterocycles. The minimum Gasteiger partial charge on any atom is -0.472 e. The Balaban J connectivity index is 1.18. The highest BCUT2D eigenvalue weighted by Gasteiger charge is 2.21. The van der Waals surface area contributed by atoms with Crippen molar-refractivity contribution in [2.45, 2.75) is 6.92 Å². The molecule has 1 nitrogen and oxygen atoms in total. The zero-order valence-corrected chi connectivity index (χ0v) is 29.9. The number of fused-ring (bicyclic) bond motifs is 7. The maximum atomic E-state index is 5.71. The van der Waals surface area contributed by atoms with E-state index in [2.05, 4.69) is 171 Å². The van der Waals surface area contributed by atoms with Crippen molar-refractivity contribution in [3.05, 3.63) is 182 Å². The van der Waals surface area contributed by atoms with Crippen LogP contribution in [0.25, 0.3) is 108 Å². The highest BCUT2D eigenvalue weighted by Crippen LogP contribution is 2.49. The Morgan fingerprint density at radius 1 is 0.358 bits per heavy atom. The molecule has 0 saturated carbocycles. The minimum absolute atomic E-state index is 1.14. The van der Waals surface area contributed by atoms with Crippen LogP contribution in [0.1, 0.15) is 5.56 Å². The van der Waals surface area contributed by atoms with Crippen LogP contribution in [0.3, 0.4) is 0 Å². The molecule has 0 aliphatic heterocycles. The second-order valence-corrected chi connectivity index (χ2v) is 15.1. The predicted octanol–water partition coefficient (Wildman–Crippen LogP) is 15.2. The highest BCUT2D eigenvalue weighted by atomic mass is 32.1. The molecular weight excluding hydrogens is 661 g/mol. The fraction of sp³-hybridized carbons (Fsp3) is 0.0196. The second-order valence-electron chi connectivity index (χ2n) is 14.0. The summed E-state index contributed by atoms with van der Waals surface area (Å²) in [5, 5.41) is 12.7. The molecule has 0 unspecified atom stereocenters. The molecule has 9 aromatic carbocycles. The summed E-state index contributed by atoms with van der Waals surface area (Å²) in [7, 11) is 0. The average molecular weight is 693 g/mol. The summed E-state index contributed by atoms with van der Waals surface area (Å²) in [6.45, 7) is 2.13. The van der Waals surface area contributed by atoms with Gasteiger partial charge in [-0.2, -0.15) is 0 Å². The first-order chi connectivity index (χ1) is 26.2. The monoisotopic (exact) mass is 692 g/mol. The van der Waals surface area contributed by atoms with Gasteiger partial charge in [-0.15, -0.1) is 11.3 Å². The van der Waals surface area contributed by atoms with Crippen LogP contribution in [0.15, 0.2) is 181 Å². The van der Waals surface area contributed by atoms with E-state index < -0.39 is 0 Å². The quantitative estimate of drug-likeness (QED) is 0.167. The summed E-state index contributed by atoms with van der Waals surface area (Å²) in [4.78, 5) is 0. The Morgan fingerprint density at radius 2 is 0.830 bits per heavy atom. The van der Waals surface area contributed by atoms with Gasteiger partial charge in [0.2, 0.25) is 0 Å². The van der Waals surface area contributed by atoms with Crippen LogP contribution in [0.5, 0.6) is 0 Å². The molecule has 2 aromatic heterocycles. The Kier molecular flexibility index (Phi) is 6.71. The van der Waals surface area contributed by atoms with Crippen LogP contribution in [-0.4, -0.2) is 0 Å². The van der Waals surface area contributed by atoms with Crippen molar-refractivity contribution in [3.8, 4) is 44.5 Å². The van der Waals surface area contributed by atoms with Crippen molar-refractivity contribution in [2.75, 3.05) is 0 Å².